The van der Waals surface area contributed by atoms with Crippen molar-refractivity contribution in [2.24, 2.45) is 5.41 Å². The van der Waals surface area contributed by atoms with Gasteiger partial charge in [-0.25, -0.2) is 8.42 Å². The van der Waals surface area contributed by atoms with Gasteiger partial charge in [-0.3, -0.25) is 4.79 Å². The van der Waals surface area contributed by atoms with Crippen molar-refractivity contribution < 1.29 is 18.3 Å². The predicted octanol–water partition coefficient (Wildman–Crippen LogP) is 4.10. The van der Waals surface area contributed by atoms with Gasteiger partial charge < -0.3 is 5.11 Å². The summed E-state index contributed by atoms with van der Waals surface area (Å²) in [5.41, 5.74) is 1.17. The molecule has 158 valence electrons. The fourth-order valence-electron chi connectivity index (χ4n) is 4.40. The Kier molecular flexibility index (Phi) is 5.74. The average molecular weight is 490 g/mol. The molecule has 0 aromatic heterocycles. The second-order valence-corrected chi connectivity index (χ2v) is 11.1. The van der Waals surface area contributed by atoms with E-state index in [0.29, 0.717) is 24.0 Å². The summed E-state index contributed by atoms with van der Waals surface area (Å²) in [6.45, 7) is 2.08. The Morgan fingerprint density at radius 1 is 1.13 bits per heavy atom. The van der Waals surface area contributed by atoms with Crippen LogP contribution in [0.3, 0.4) is 0 Å². The number of ketones is 1. The van der Waals surface area contributed by atoms with Crippen LogP contribution in [-0.2, 0) is 10.0 Å². The molecular formula is C23H24BrNO4S. The van der Waals surface area contributed by atoms with Crippen LogP contribution in [0, 0.1) is 12.3 Å². The second kappa shape index (κ2) is 8.04. The van der Waals surface area contributed by atoms with Crippen LogP contribution in [-0.4, -0.2) is 42.8 Å². The van der Waals surface area contributed by atoms with Crippen LogP contribution in [0.2, 0.25) is 0 Å². The standard InChI is InChI=1S/C23H24BrNO4S/c1-16-4-10-20(11-5-16)30(28,29)25-14-18(13-23(15-25)12-2-3-21(23)26)22(27)17-6-8-19(24)9-7-17/h4-11,13,21,26H,2-3,12,14-15H2,1H3. The van der Waals surface area contributed by atoms with Gasteiger partial charge in [-0.2, -0.15) is 4.31 Å². The number of halogens is 1. The normalized spacial score (nSPS) is 24.8. The molecule has 2 aliphatic rings. The molecule has 2 unspecified atom stereocenters. The van der Waals surface area contributed by atoms with E-state index in [1.54, 1.807) is 48.5 Å². The van der Waals surface area contributed by atoms with Crippen LogP contribution >= 0.6 is 15.9 Å². The van der Waals surface area contributed by atoms with Gasteiger partial charge in [0.1, 0.15) is 0 Å². The summed E-state index contributed by atoms with van der Waals surface area (Å²) in [7, 11) is -3.80. The predicted molar refractivity (Wildman–Crippen MR) is 119 cm³/mol. The molecule has 1 N–H and O–H groups in total. The number of hydrogen-bond donors (Lipinski definition) is 1. The quantitative estimate of drug-likeness (QED) is 0.655. The number of rotatable bonds is 4. The molecule has 0 radical (unpaired) electrons. The lowest BCUT2D eigenvalue weighted by molar-refractivity contribution is 0.0661. The van der Waals surface area contributed by atoms with E-state index in [1.807, 2.05) is 13.0 Å². The second-order valence-electron chi connectivity index (χ2n) is 8.23. The van der Waals surface area contributed by atoms with Crippen molar-refractivity contribution in [1.29, 1.82) is 0 Å². The summed E-state index contributed by atoms with van der Waals surface area (Å²) < 4.78 is 29.0. The number of carbonyl (C=O) groups excluding carboxylic acids is 1. The number of aliphatic hydroxyl groups is 1. The Hall–Kier alpha value is -1.80. The number of carbonyl (C=O) groups is 1. The molecule has 0 bridgehead atoms. The summed E-state index contributed by atoms with van der Waals surface area (Å²) in [5.74, 6) is -0.204. The van der Waals surface area contributed by atoms with E-state index in [4.69, 9.17) is 0 Å². The molecule has 4 rings (SSSR count). The molecular weight excluding hydrogens is 466 g/mol. The van der Waals surface area contributed by atoms with Gasteiger partial charge in [0.2, 0.25) is 10.0 Å². The molecule has 2 aromatic carbocycles. The van der Waals surface area contributed by atoms with Crippen molar-refractivity contribution >= 4 is 31.7 Å². The number of benzene rings is 2. The lowest BCUT2D eigenvalue weighted by atomic mass is 9.79. The molecule has 7 heteroatoms. The van der Waals surface area contributed by atoms with Gasteiger partial charge in [0.05, 0.1) is 11.0 Å². The molecule has 2 atom stereocenters. The zero-order valence-electron chi connectivity index (χ0n) is 16.7. The Bertz CT molecular complexity index is 1090. The lowest BCUT2D eigenvalue weighted by Crippen LogP contribution is -2.49. The first-order valence-electron chi connectivity index (χ1n) is 9.98. The van der Waals surface area contributed by atoms with Crippen molar-refractivity contribution in [3.63, 3.8) is 0 Å². The molecule has 1 fully saturated rings. The summed E-state index contributed by atoms with van der Waals surface area (Å²) in [5, 5.41) is 10.7. The zero-order valence-corrected chi connectivity index (χ0v) is 19.1. The summed E-state index contributed by atoms with van der Waals surface area (Å²) in [4.78, 5) is 13.4. The van der Waals surface area contributed by atoms with Crippen molar-refractivity contribution in [2.75, 3.05) is 13.1 Å². The molecule has 1 aliphatic carbocycles. The molecule has 5 nitrogen and oxygen atoms in total. The van der Waals surface area contributed by atoms with Gasteiger partial charge in [0.25, 0.3) is 0 Å². The highest BCUT2D eigenvalue weighted by molar-refractivity contribution is 9.10. The molecule has 1 saturated carbocycles. The largest absolute Gasteiger partial charge is 0.392 e. The highest BCUT2D eigenvalue weighted by Gasteiger charge is 2.47. The van der Waals surface area contributed by atoms with Crippen LogP contribution < -0.4 is 0 Å². The fraction of sp³-hybridized carbons (Fsp3) is 0.348. The Morgan fingerprint density at radius 2 is 1.80 bits per heavy atom. The third-order valence-electron chi connectivity index (χ3n) is 6.12. The highest BCUT2D eigenvalue weighted by atomic mass is 79.9. The van der Waals surface area contributed by atoms with Crippen LogP contribution in [0.5, 0.6) is 0 Å². The Morgan fingerprint density at radius 3 is 2.40 bits per heavy atom. The van der Waals surface area contributed by atoms with Crippen LogP contribution in [0.1, 0.15) is 35.2 Å². The van der Waals surface area contributed by atoms with E-state index in [1.165, 1.54) is 4.31 Å². The van der Waals surface area contributed by atoms with Crippen molar-refractivity contribution in [3.8, 4) is 0 Å². The maximum Gasteiger partial charge on any atom is 0.243 e. The summed E-state index contributed by atoms with van der Waals surface area (Å²) >= 11 is 3.37. The monoisotopic (exact) mass is 489 g/mol. The molecule has 0 saturated heterocycles. The van der Waals surface area contributed by atoms with Gasteiger partial charge in [-0.15, -0.1) is 0 Å². The van der Waals surface area contributed by atoms with Crippen LogP contribution in [0.25, 0.3) is 0 Å². The molecule has 1 heterocycles. The molecule has 30 heavy (non-hydrogen) atoms. The van der Waals surface area contributed by atoms with E-state index in [-0.39, 0.29) is 23.8 Å². The third kappa shape index (κ3) is 3.91. The first kappa shape index (κ1) is 21.4. The van der Waals surface area contributed by atoms with E-state index in [9.17, 15) is 18.3 Å². The molecule has 1 aliphatic heterocycles. The van der Waals surface area contributed by atoms with Gasteiger partial charge >= 0.3 is 0 Å². The Labute approximate surface area is 185 Å². The van der Waals surface area contributed by atoms with Crippen LogP contribution in [0.4, 0.5) is 0 Å². The van der Waals surface area contributed by atoms with Crippen molar-refractivity contribution in [3.05, 3.63) is 75.8 Å². The number of aliphatic hydroxyl groups excluding tert-OH is 1. The maximum absolute atomic E-state index is 13.4. The van der Waals surface area contributed by atoms with Gasteiger partial charge in [-0.1, -0.05) is 39.7 Å². The average Bonchev–Trinajstić information content (AvgIpc) is 3.07. The van der Waals surface area contributed by atoms with E-state index >= 15 is 0 Å². The highest BCUT2D eigenvalue weighted by Crippen LogP contribution is 2.44. The molecule has 2 aromatic rings. The minimum Gasteiger partial charge on any atom is -0.392 e. The van der Waals surface area contributed by atoms with E-state index in [2.05, 4.69) is 15.9 Å². The first-order valence-corrected chi connectivity index (χ1v) is 12.2. The lowest BCUT2D eigenvalue weighted by Gasteiger charge is -2.40. The minimum atomic E-state index is -3.80. The third-order valence-corrected chi connectivity index (χ3v) is 8.45. The first-order chi connectivity index (χ1) is 14.2. The smallest absolute Gasteiger partial charge is 0.243 e. The maximum atomic E-state index is 13.4. The van der Waals surface area contributed by atoms with Gasteiger partial charge in [-0.05, 0) is 62.6 Å². The van der Waals surface area contributed by atoms with Gasteiger partial charge in [0, 0.05) is 34.1 Å². The molecule has 0 amide bonds. The zero-order chi connectivity index (χ0) is 21.5. The van der Waals surface area contributed by atoms with E-state index in [0.717, 1.165) is 16.5 Å². The molecule has 1 spiro atoms. The van der Waals surface area contributed by atoms with Crippen molar-refractivity contribution in [1.82, 2.24) is 4.31 Å². The van der Waals surface area contributed by atoms with E-state index < -0.39 is 21.5 Å². The SMILES string of the molecule is Cc1ccc(S(=O)(=O)N2CC(C(=O)c3ccc(Br)cc3)=CC3(CCCC3O)C2)cc1. The Balaban J connectivity index is 1.74. The number of Topliss-reactive ketones (excluding diaryl/α,β-unsaturated/α-hetero) is 1. The number of hydrogen-bond acceptors (Lipinski definition) is 4. The van der Waals surface area contributed by atoms with Gasteiger partial charge in [0.15, 0.2) is 5.78 Å². The number of aryl methyl sites for hydroxylation is 1. The number of sulfonamides is 1. The minimum absolute atomic E-state index is 0.000420. The van der Waals surface area contributed by atoms with Crippen molar-refractivity contribution in [2.45, 2.75) is 37.2 Å². The van der Waals surface area contributed by atoms with Crippen LogP contribution in [0.15, 0.2) is 69.5 Å². The topological polar surface area (TPSA) is 74.7 Å². The fourth-order valence-corrected chi connectivity index (χ4v) is 6.16. The summed E-state index contributed by atoms with van der Waals surface area (Å²) in [6, 6.07) is 13.7. The number of nitrogens with zero attached hydrogens (tertiary/aromatic N) is 1. The summed E-state index contributed by atoms with van der Waals surface area (Å²) in [6.07, 6.45) is 3.24.